The van der Waals surface area contributed by atoms with Crippen molar-refractivity contribution in [2.24, 2.45) is 5.92 Å². The van der Waals surface area contributed by atoms with E-state index in [0.717, 1.165) is 19.5 Å². The fourth-order valence-electron chi connectivity index (χ4n) is 1.27. The summed E-state index contributed by atoms with van der Waals surface area (Å²) >= 11 is 0. The Morgan fingerprint density at radius 3 is 2.54 bits per heavy atom. The minimum atomic E-state index is -0.0474. The van der Waals surface area contributed by atoms with E-state index >= 15 is 0 Å². The highest BCUT2D eigenvalue weighted by Crippen LogP contribution is 2.11. The quantitative estimate of drug-likeness (QED) is 0.681. The molecule has 13 heavy (non-hydrogen) atoms. The molecule has 1 heterocycles. The summed E-state index contributed by atoms with van der Waals surface area (Å²) in [5.74, 6) is 0.756. The van der Waals surface area contributed by atoms with Crippen molar-refractivity contribution in [2.75, 3.05) is 13.1 Å². The van der Waals surface area contributed by atoms with Gasteiger partial charge in [0.15, 0.2) is 0 Å². The van der Waals surface area contributed by atoms with E-state index in [9.17, 15) is 4.79 Å². The van der Waals surface area contributed by atoms with Crippen LogP contribution < -0.4 is 10.6 Å². The molecule has 3 nitrogen and oxygen atoms in total. The molecule has 0 aromatic heterocycles. The van der Waals surface area contributed by atoms with E-state index in [0.29, 0.717) is 12.3 Å². The zero-order valence-corrected chi connectivity index (χ0v) is 8.81. The molecule has 1 fully saturated rings. The van der Waals surface area contributed by atoms with Crippen LogP contribution in [0.2, 0.25) is 0 Å². The molecule has 1 amide bonds. The number of rotatable bonds is 4. The Labute approximate surface area is 80.3 Å². The van der Waals surface area contributed by atoms with Crippen molar-refractivity contribution < 1.29 is 4.79 Å². The standard InChI is InChI=1S/C10H20N2O/c1-4-10(2,3)12-9(13)5-8-6-11-7-8/h8,11H,4-7H2,1-3H3,(H,12,13). The summed E-state index contributed by atoms with van der Waals surface area (Å²) in [6.45, 7) is 8.21. The van der Waals surface area contributed by atoms with Crippen molar-refractivity contribution in [1.82, 2.24) is 10.6 Å². The summed E-state index contributed by atoms with van der Waals surface area (Å²) in [4.78, 5) is 11.5. The SMILES string of the molecule is CCC(C)(C)NC(=O)CC1CNC1. The minimum Gasteiger partial charge on any atom is -0.351 e. The van der Waals surface area contributed by atoms with Crippen LogP contribution in [-0.2, 0) is 4.79 Å². The Balaban J connectivity index is 2.23. The van der Waals surface area contributed by atoms with Gasteiger partial charge in [0.1, 0.15) is 0 Å². The second-order valence-electron chi connectivity index (χ2n) is 4.51. The van der Waals surface area contributed by atoms with Crippen molar-refractivity contribution >= 4 is 5.91 Å². The molecule has 0 aromatic rings. The van der Waals surface area contributed by atoms with Crippen molar-refractivity contribution in [1.29, 1.82) is 0 Å². The lowest BCUT2D eigenvalue weighted by atomic mass is 9.97. The van der Waals surface area contributed by atoms with E-state index in [1.807, 2.05) is 0 Å². The average molecular weight is 184 g/mol. The van der Waals surface area contributed by atoms with Gasteiger partial charge in [0.25, 0.3) is 0 Å². The third-order valence-corrected chi connectivity index (χ3v) is 2.70. The molecule has 0 radical (unpaired) electrons. The van der Waals surface area contributed by atoms with Gasteiger partial charge in [-0.05, 0) is 39.3 Å². The maximum atomic E-state index is 11.5. The number of nitrogens with one attached hydrogen (secondary N) is 2. The van der Waals surface area contributed by atoms with Crippen LogP contribution in [0.1, 0.15) is 33.6 Å². The second kappa shape index (κ2) is 4.09. The molecule has 0 aromatic carbocycles. The largest absolute Gasteiger partial charge is 0.351 e. The van der Waals surface area contributed by atoms with E-state index in [4.69, 9.17) is 0 Å². The third kappa shape index (κ3) is 3.35. The summed E-state index contributed by atoms with van der Waals surface area (Å²) in [5, 5.41) is 6.20. The van der Waals surface area contributed by atoms with Gasteiger partial charge in [-0.25, -0.2) is 0 Å². The molecule has 76 valence electrons. The van der Waals surface area contributed by atoms with Crippen LogP contribution in [0.4, 0.5) is 0 Å². The highest BCUT2D eigenvalue weighted by atomic mass is 16.1. The average Bonchev–Trinajstić information content (AvgIpc) is 1.96. The second-order valence-corrected chi connectivity index (χ2v) is 4.51. The van der Waals surface area contributed by atoms with Gasteiger partial charge in [0, 0.05) is 12.0 Å². The van der Waals surface area contributed by atoms with Crippen LogP contribution in [0, 0.1) is 5.92 Å². The zero-order valence-electron chi connectivity index (χ0n) is 8.81. The molecule has 1 aliphatic heterocycles. The lowest BCUT2D eigenvalue weighted by Crippen LogP contribution is -2.48. The van der Waals surface area contributed by atoms with E-state index in [-0.39, 0.29) is 11.4 Å². The van der Waals surface area contributed by atoms with Crippen LogP contribution in [0.25, 0.3) is 0 Å². The van der Waals surface area contributed by atoms with E-state index in [1.54, 1.807) is 0 Å². The molecule has 0 bridgehead atoms. The Hall–Kier alpha value is -0.570. The number of amides is 1. The van der Waals surface area contributed by atoms with Gasteiger partial charge in [-0.3, -0.25) is 4.79 Å². The molecule has 0 atom stereocenters. The van der Waals surface area contributed by atoms with Gasteiger partial charge >= 0.3 is 0 Å². The molecule has 3 heteroatoms. The molecule has 1 saturated heterocycles. The van der Waals surface area contributed by atoms with E-state index in [1.165, 1.54) is 0 Å². The number of carbonyl (C=O) groups excluding carboxylic acids is 1. The molecule has 0 spiro atoms. The first kappa shape index (κ1) is 10.5. The minimum absolute atomic E-state index is 0.0474. The molecule has 0 saturated carbocycles. The predicted octanol–water partition coefficient (Wildman–Crippen LogP) is 0.901. The Kier molecular flexibility index (Phi) is 3.31. The Bertz CT molecular complexity index is 185. The van der Waals surface area contributed by atoms with Crippen LogP contribution in [0.15, 0.2) is 0 Å². The first-order valence-corrected chi connectivity index (χ1v) is 5.05. The maximum Gasteiger partial charge on any atom is 0.220 e. The molecule has 2 N–H and O–H groups in total. The molecule has 0 unspecified atom stereocenters. The van der Waals surface area contributed by atoms with Crippen LogP contribution in [-0.4, -0.2) is 24.5 Å². The highest BCUT2D eigenvalue weighted by molar-refractivity contribution is 5.77. The highest BCUT2D eigenvalue weighted by Gasteiger charge is 2.23. The summed E-state index contributed by atoms with van der Waals surface area (Å²) < 4.78 is 0. The van der Waals surface area contributed by atoms with Crippen molar-refractivity contribution in [3.63, 3.8) is 0 Å². The Morgan fingerprint density at radius 1 is 1.54 bits per heavy atom. The summed E-state index contributed by atoms with van der Waals surface area (Å²) in [6, 6.07) is 0. The van der Waals surface area contributed by atoms with E-state index in [2.05, 4.69) is 31.4 Å². The molecular formula is C10H20N2O. The van der Waals surface area contributed by atoms with Gasteiger partial charge in [-0.2, -0.15) is 0 Å². The van der Waals surface area contributed by atoms with Crippen molar-refractivity contribution in [2.45, 2.75) is 39.2 Å². The topological polar surface area (TPSA) is 41.1 Å². The number of hydrogen-bond acceptors (Lipinski definition) is 2. The molecular weight excluding hydrogens is 164 g/mol. The summed E-state index contributed by atoms with van der Waals surface area (Å²) in [5.41, 5.74) is -0.0474. The molecule has 1 aliphatic rings. The number of hydrogen-bond donors (Lipinski definition) is 2. The lowest BCUT2D eigenvalue weighted by molar-refractivity contribution is -0.124. The first-order valence-electron chi connectivity index (χ1n) is 5.05. The zero-order chi connectivity index (χ0) is 9.90. The van der Waals surface area contributed by atoms with Crippen LogP contribution >= 0.6 is 0 Å². The summed E-state index contributed by atoms with van der Waals surface area (Å²) in [6.07, 6.45) is 1.65. The first-order chi connectivity index (χ1) is 6.03. The molecule has 1 rings (SSSR count). The van der Waals surface area contributed by atoms with Gasteiger partial charge in [-0.15, -0.1) is 0 Å². The monoisotopic (exact) mass is 184 g/mol. The number of carbonyl (C=O) groups is 1. The van der Waals surface area contributed by atoms with Crippen LogP contribution in [0.3, 0.4) is 0 Å². The normalized spacial score (nSPS) is 18.1. The van der Waals surface area contributed by atoms with Crippen molar-refractivity contribution in [3.05, 3.63) is 0 Å². The van der Waals surface area contributed by atoms with E-state index < -0.39 is 0 Å². The summed E-state index contributed by atoms with van der Waals surface area (Å²) in [7, 11) is 0. The Morgan fingerprint density at radius 2 is 2.15 bits per heavy atom. The molecule has 0 aliphatic carbocycles. The predicted molar refractivity (Wildman–Crippen MR) is 53.5 cm³/mol. The van der Waals surface area contributed by atoms with Gasteiger partial charge < -0.3 is 10.6 Å². The van der Waals surface area contributed by atoms with Crippen LogP contribution in [0.5, 0.6) is 0 Å². The van der Waals surface area contributed by atoms with Crippen molar-refractivity contribution in [3.8, 4) is 0 Å². The third-order valence-electron chi connectivity index (χ3n) is 2.70. The smallest absolute Gasteiger partial charge is 0.220 e. The maximum absolute atomic E-state index is 11.5. The fourth-order valence-corrected chi connectivity index (χ4v) is 1.27. The van der Waals surface area contributed by atoms with Gasteiger partial charge in [0.2, 0.25) is 5.91 Å². The lowest BCUT2D eigenvalue weighted by Gasteiger charge is -2.29. The van der Waals surface area contributed by atoms with Gasteiger partial charge in [0.05, 0.1) is 0 Å². The van der Waals surface area contributed by atoms with Gasteiger partial charge in [-0.1, -0.05) is 6.92 Å². The fraction of sp³-hybridized carbons (Fsp3) is 0.900.